The van der Waals surface area contributed by atoms with Crippen molar-refractivity contribution in [2.24, 2.45) is 0 Å². The predicted molar refractivity (Wildman–Crippen MR) is 148 cm³/mol. The summed E-state index contributed by atoms with van der Waals surface area (Å²) in [6, 6.07) is 26.2. The molecule has 0 radical (unpaired) electrons. The van der Waals surface area contributed by atoms with Gasteiger partial charge in [0.25, 0.3) is 5.91 Å². The van der Waals surface area contributed by atoms with E-state index in [0.717, 1.165) is 39.2 Å². The Morgan fingerprint density at radius 3 is 2.37 bits per heavy atom. The Morgan fingerprint density at radius 1 is 0.971 bits per heavy atom. The largest absolute Gasteiger partial charge is 0.286 e. The van der Waals surface area contributed by atoms with E-state index in [1.54, 1.807) is 4.90 Å². The fourth-order valence-electron chi connectivity index (χ4n) is 4.24. The standard InChI is InChI=1S/C29H25N3OS2/c1-19-14-15-20(2)25(16-19)27-23(18-31(30-27)24-12-8-5-9-13-24)17-26-28(33)32(29(34)35-26)21(3)22-10-6-4-7-11-22/h4-18,21H,1-3H3/b26-17+/t21-/m1/s1. The Bertz CT molecular complexity index is 1440. The summed E-state index contributed by atoms with van der Waals surface area (Å²) in [7, 11) is 0. The van der Waals surface area contributed by atoms with Crippen molar-refractivity contribution in [1.29, 1.82) is 0 Å². The van der Waals surface area contributed by atoms with E-state index >= 15 is 0 Å². The molecular formula is C29H25N3OS2. The number of para-hydroxylation sites is 1. The van der Waals surface area contributed by atoms with Gasteiger partial charge in [0.05, 0.1) is 16.6 Å². The molecule has 0 bridgehead atoms. The van der Waals surface area contributed by atoms with Gasteiger partial charge in [-0.25, -0.2) is 4.68 Å². The number of carbonyl (C=O) groups excluding carboxylic acids is 1. The van der Waals surface area contributed by atoms with Crippen molar-refractivity contribution in [3.8, 4) is 16.9 Å². The first-order valence-electron chi connectivity index (χ1n) is 11.5. The molecule has 0 unspecified atom stereocenters. The van der Waals surface area contributed by atoms with Gasteiger partial charge in [-0.05, 0) is 56.2 Å². The lowest BCUT2D eigenvalue weighted by Gasteiger charge is -2.23. The average Bonchev–Trinajstić information content (AvgIpc) is 3.41. The number of aryl methyl sites for hydroxylation is 2. The Labute approximate surface area is 215 Å². The summed E-state index contributed by atoms with van der Waals surface area (Å²) in [5.41, 5.74) is 7.09. The predicted octanol–water partition coefficient (Wildman–Crippen LogP) is 7.12. The Hall–Kier alpha value is -3.48. The van der Waals surface area contributed by atoms with Crippen LogP contribution in [0, 0.1) is 13.8 Å². The van der Waals surface area contributed by atoms with E-state index in [1.807, 2.05) is 84.5 Å². The first-order valence-corrected chi connectivity index (χ1v) is 12.7. The molecule has 0 saturated carbocycles. The summed E-state index contributed by atoms with van der Waals surface area (Å²) in [5, 5.41) is 4.95. The maximum absolute atomic E-state index is 13.5. The van der Waals surface area contributed by atoms with Crippen LogP contribution >= 0.6 is 24.0 Å². The second-order valence-electron chi connectivity index (χ2n) is 8.67. The summed E-state index contributed by atoms with van der Waals surface area (Å²) in [6.45, 7) is 6.17. The number of hydrogen-bond acceptors (Lipinski definition) is 4. The summed E-state index contributed by atoms with van der Waals surface area (Å²) in [6.07, 6.45) is 3.92. The topological polar surface area (TPSA) is 38.1 Å². The van der Waals surface area contributed by atoms with Gasteiger partial charge in [-0.1, -0.05) is 90.2 Å². The molecule has 5 rings (SSSR count). The van der Waals surface area contributed by atoms with E-state index in [-0.39, 0.29) is 11.9 Å². The molecule has 35 heavy (non-hydrogen) atoms. The van der Waals surface area contributed by atoms with Crippen molar-refractivity contribution >= 4 is 40.3 Å². The first kappa shape index (κ1) is 23.3. The molecule has 1 aromatic heterocycles. The molecule has 174 valence electrons. The van der Waals surface area contributed by atoms with Crippen LogP contribution in [-0.2, 0) is 4.79 Å². The first-order chi connectivity index (χ1) is 16.9. The number of amides is 1. The quantitative estimate of drug-likeness (QED) is 0.218. The minimum atomic E-state index is -0.139. The molecular weight excluding hydrogens is 470 g/mol. The van der Waals surface area contributed by atoms with Crippen molar-refractivity contribution in [1.82, 2.24) is 14.7 Å². The zero-order chi connectivity index (χ0) is 24.5. The van der Waals surface area contributed by atoms with Gasteiger partial charge in [0.1, 0.15) is 10.0 Å². The van der Waals surface area contributed by atoms with Crippen LogP contribution < -0.4 is 0 Å². The van der Waals surface area contributed by atoms with Crippen molar-refractivity contribution in [3.05, 3.63) is 112 Å². The molecule has 1 aliphatic rings. The second kappa shape index (κ2) is 9.64. The molecule has 1 saturated heterocycles. The van der Waals surface area contributed by atoms with Crippen LogP contribution in [0.2, 0.25) is 0 Å². The van der Waals surface area contributed by atoms with Crippen LogP contribution in [0.5, 0.6) is 0 Å². The van der Waals surface area contributed by atoms with E-state index in [1.165, 1.54) is 11.8 Å². The van der Waals surface area contributed by atoms with Crippen molar-refractivity contribution in [3.63, 3.8) is 0 Å². The van der Waals surface area contributed by atoms with E-state index in [0.29, 0.717) is 9.23 Å². The van der Waals surface area contributed by atoms with Crippen molar-refractivity contribution in [2.45, 2.75) is 26.8 Å². The van der Waals surface area contributed by atoms with E-state index in [9.17, 15) is 4.79 Å². The van der Waals surface area contributed by atoms with Crippen LogP contribution in [0.25, 0.3) is 23.0 Å². The third kappa shape index (κ3) is 4.59. The van der Waals surface area contributed by atoms with Gasteiger partial charge in [-0.2, -0.15) is 5.10 Å². The van der Waals surface area contributed by atoms with Gasteiger partial charge in [-0.3, -0.25) is 9.69 Å². The van der Waals surface area contributed by atoms with Crippen LogP contribution in [0.15, 0.2) is 90.0 Å². The number of thioether (sulfide) groups is 1. The maximum Gasteiger partial charge on any atom is 0.266 e. The fraction of sp³-hybridized carbons (Fsp3) is 0.138. The number of carbonyl (C=O) groups is 1. The maximum atomic E-state index is 13.5. The zero-order valence-electron chi connectivity index (χ0n) is 19.8. The molecule has 2 heterocycles. The average molecular weight is 496 g/mol. The molecule has 3 aromatic carbocycles. The normalized spacial score (nSPS) is 15.7. The van der Waals surface area contributed by atoms with Gasteiger partial charge in [-0.15, -0.1) is 0 Å². The number of benzene rings is 3. The molecule has 0 spiro atoms. The second-order valence-corrected chi connectivity index (χ2v) is 10.3. The lowest BCUT2D eigenvalue weighted by molar-refractivity contribution is -0.123. The third-order valence-corrected chi connectivity index (χ3v) is 7.52. The molecule has 0 N–H and O–H groups in total. The number of nitrogens with zero attached hydrogens (tertiary/aromatic N) is 3. The summed E-state index contributed by atoms with van der Waals surface area (Å²) in [4.78, 5) is 15.8. The number of aromatic nitrogens is 2. The molecule has 1 fully saturated rings. The summed E-state index contributed by atoms with van der Waals surface area (Å²) in [5.74, 6) is -0.0734. The van der Waals surface area contributed by atoms with Crippen LogP contribution in [0.4, 0.5) is 0 Å². The third-order valence-electron chi connectivity index (χ3n) is 6.19. The van der Waals surface area contributed by atoms with E-state index < -0.39 is 0 Å². The minimum absolute atomic E-state index is 0.0734. The Kier molecular flexibility index (Phi) is 6.41. The SMILES string of the molecule is Cc1ccc(C)c(-c2nn(-c3ccccc3)cc2/C=C2/SC(=S)N([C@H](C)c3ccccc3)C2=O)c1. The minimum Gasteiger partial charge on any atom is -0.286 e. The molecule has 4 nitrogen and oxygen atoms in total. The van der Waals surface area contributed by atoms with Crippen LogP contribution in [0.1, 0.15) is 35.2 Å². The molecule has 6 heteroatoms. The van der Waals surface area contributed by atoms with E-state index in [4.69, 9.17) is 17.3 Å². The molecule has 1 atom stereocenters. The monoisotopic (exact) mass is 495 g/mol. The molecule has 1 aliphatic heterocycles. The highest BCUT2D eigenvalue weighted by molar-refractivity contribution is 8.26. The highest BCUT2D eigenvalue weighted by atomic mass is 32.2. The van der Waals surface area contributed by atoms with Crippen LogP contribution in [-0.4, -0.2) is 24.9 Å². The lowest BCUT2D eigenvalue weighted by Crippen LogP contribution is -2.30. The Morgan fingerprint density at radius 2 is 1.66 bits per heavy atom. The van der Waals surface area contributed by atoms with Crippen LogP contribution in [0.3, 0.4) is 0 Å². The summed E-state index contributed by atoms with van der Waals surface area (Å²) >= 11 is 6.99. The van der Waals surface area contributed by atoms with Gasteiger partial charge < -0.3 is 0 Å². The van der Waals surface area contributed by atoms with Gasteiger partial charge in [0, 0.05) is 17.3 Å². The Balaban J connectivity index is 1.58. The van der Waals surface area contributed by atoms with Gasteiger partial charge in [0.15, 0.2) is 0 Å². The van der Waals surface area contributed by atoms with Crippen molar-refractivity contribution in [2.75, 3.05) is 0 Å². The summed E-state index contributed by atoms with van der Waals surface area (Å²) < 4.78 is 2.44. The number of thiocarbonyl (C=S) groups is 1. The zero-order valence-corrected chi connectivity index (χ0v) is 21.4. The van der Waals surface area contributed by atoms with Crippen molar-refractivity contribution < 1.29 is 4.79 Å². The molecule has 4 aromatic rings. The fourth-order valence-corrected chi connectivity index (χ4v) is 5.65. The van der Waals surface area contributed by atoms with Gasteiger partial charge >= 0.3 is 0 Å². The highest BCUT2D eigenvalue weighted by Gasteiger charge is 2.36. The molecule has 1 amide bonds. The van der Waals surface area contributed by atoms with E-state index in [2.05, 4.69) is 32.0 Å². The number of rotatable bonds is 5. The lowest BCUT2D eigenvalue weighted by atomic mass is 10.00. The number of hydrogen-bond donors (Lipinski definition) is 0. The smallest absolute Gasteiger partial charge is 0.266 e. The highest BCUT2D eigenvalue weighted by Crippen LogP contribution is 2.39. The van der Waals surface area contributed by atoms with Gasteiger partial charge in [0.2, 0.25) is 0 Å². The molecule has 0 aliphatic carbocycles.